The van der Waals surface area contributed by atoms with Gasteiger partial charge in [-0.25, -0.2) is 9.97 Å². The van der Waals surface area contributed by atoms with Crippen molar-refractivity contribution in [2.75, 3.05) is 26.8 Å². The summed E-state index contributed by atoms with van der Waals surface area (Å²) in [5, 5.41) is 2.75. The Balaban J connectivity index is 1.75. The van der Waals surface area contributed by atoms with Gasteiger partial charge < -0.3 is 24.1 Å². The number of nitrogens with zero attached hydrogens (tertiary/aromatic N) is 5. The van der Waals surface area contributed by atoms with Gasteiger partial charge in [0.2, 0.25) is 0 Å². The van der Waals surface area contributed by atoms with Gasteiger partial charge in [0, 0.05) is 46.2 Å². The van der Waals surface area contributed by atoms with E-state index < -0.39 is 0 Å². The first-order valence-corrected chi connectivity index (χ1v) is 8.14. The van der Waals surface area contributed by atoms with Crippen LogP contribution in [0.2, 0.25) is 0 Å². The zero-order valence-corrected chi connectivity index (χ0v) is 14.6. The molecule has 0 saturated carbocycles. The summed E-state index contributed by atoms with van der Waals surface area (Å²) in [5.74, 6) is 0.328. The van der Waals surface area contributed by atoms with Crippen LogP contribution in [-0.2, 0) is 18.3 Å². The number of fused-ring (bicyclic) bond motifs is 1. The summed E-state index contributed by atoms with van der Waals surface area (Å²) in [5.41, 5.74) is 0.761. The lowest BCUT2D eigenvalue weighted by atomic mass is 10.2. The number of aryl methyl sites for hydroxylation is 1. The lowest BCUT2D eigenvalue weighted by Gasteiger charge is -2.33. The van der Waals surface area contributed by atoms with Crippen molar-refractivity contribution < 1.29 is 14.3 Å². The predicted octanol–water partition coefficient (Wildman–Crippen LogP) is 0.210. The molecular weight excluding hydrogens is 324 g/mol. The summed E-state index contributed by atoms with van der Waals surface area (Å²) in [6.07, 6.45) is 5.03. The van der Waals surface area contributed by atoms with Gasteiger partial charge in [0.15, 0.2) is 0 Å². The number of rotatable bonds is 5. The third-order valence-electron chi connectivity index (χ3n) is 4.24. The maximum Gasteiger partial charge on any atom is 0.274 e. The monoisotopic (exact) mass is 346 g/mol. The number of imidazole rings is 2. The second-order valence-electron chi connectivity index (χ2n) is 6.03. The van der Waals surface area contributed by atoms with Crippen LogP contribution in [0.4, 0.5) is 0 Å². The lowest BCUT2D eigenvalue weighted by Crippen LogP contribution is -2.41. The number of hydrogen-bond acceptors (Lipinski definition) is 5. The first kappa shape index (κ1) is 17.2. The van der Waals surface area contributed by atoms with Gasteiger partial charge in [-0.15, -0.1) is 0 Å². The SMILES string of the molecule is COCCNC(=O)c1cn2c(n1)C(C)N(C(=O)c1cn(C)cn1)CC2. The predicted molar refractivity (Wildman–Crippen MR) is 89.1 cm³/mol. The van der Waals surface area contributed by atoms with Crippen LogP contribution in [-0.4, -0.2) is 62.6 Å². The first-order chi connectivity index (χ1) is 12.0. The van der Waals surface area contributed by atoms with Crippen LogP contribution in [0.5, 0.6) is 0 Å². The highest BCUT2D eigenvalue weighted by Crippen LogP contribution is 2.26. The maximum absolute atomic E-state index is 12.7. The Labute approximate surface area is 145 Å². The van der Waals surface area contributed by atoms with Crippen molar-refractivity contribution in [3.05, 3.63) is 35.9 Å². The van der Waals surface area contributed by atoms with Gasteiger partial charge in [0.1, 0.15) is 17.2 Å². The topological polar surface area (TPSA) is 94.3 Å². The van der Waals surface area contributed by atoms with E-state index in [2.05, 4.69) is 15.3 Å². The van der Waals surface area contributed by atoms with E-state index in [4.69, 9.17) is 4.74 Å². The van der Waals surface area contributed by atoms with Gasteiger partial charge in [0.25, 0.3) is 11.8 Å². The van der Waals surface area contributed by atoms with Crippen molar-refractivity contribution in [1.29, 1.82) is 0 Å². The van der Waals surface area contributed by atoms with E-state index in [-0.39, 0.29) is 17.9 Å². The Kier molecular flexibility index (Phi) is 4.84. The Morgan fingerprint density at radius 2 is 2.12 bits per heavy atom. The van der Waals surface area contributed by atoms with Crippen LogP contribution in [0.1, 0.15) is 39.8 Å². The van der Waals surface area contributed by atoms with Gasteiger partial charge >= 0.3 is 0 Å². The number of aromatic nitrogens is 4. The molecule has 3 rings (SSSR count). The molecule has 3 heterocycles. The van der Waals surface area contributed by atoms with E-state index in [0.29, 0.717) is 43.5 Å². The molecule has 0 fully saturated rings. The zero-order valence-electron chi connectivity index (χ0n) is 14.6. The Morgan fingerprint density at radius 3 is 2.80 bits per heavy atom. The number of nitrogens with one attached hydrogen (secondary N) is 1. The highest BCUT2D eigenvalue weighted by Gasteiger charge is 2.31. The smallest absolute Gasteiger partial charge is 0.274 e. The van der Waals surface area contributed by atoms with Crippen LogP contribution in [0.15, 0.2) is 18.7 Å². The molecule has 1 aliphatic heterocycles. The van der Waals surface area contributed by atoms with E-state index >= 15 is 0 Å². The van der Waals surface area contributed by atoms with Crippen molar-refractivity contribution in [3.8, 4) is 0 Å². The average molecular weight is 346 g/mol. The van der Waals surface area contributed by atoms with Gasteiger partial charge in [-0.05, 0) is 6.92 Å². The highest BCUT2D eigenvalue weighted by atomic mass is 16.5. The third-order valence-corrected chi connectivity index (χ3v) is 4.24. The largest absolute Gasteiger partial charge is 0.383 e. The standard InChI is InChI=1S/C16H22N6O3/c1-11-14-19-12(15(23)17-4-7-25-3)9-21(14)5-6-22(11)16(24)13-8-20(2)10-18-13/h8-11H,4-7H2,1-3H3,(H,17,23). The average Bonchev–Trinajstić information content (AvgIpc) is 3.21. The molecule has 2 aromatic rings. The van der Waals surface area contributed by atoms with Crippen molar-refractivity contribution in [3.63, 3.8) is 0 Å². The van der Waals surface area contributed by atoms with E-state index in [1.807, 2.05) is 18.5 Å². The molecule has 134 valence electrons. The number of hydrogen-bond donors (Lipinski definition) is 1. The van der Waals surface area contributed by atoms with Crippen molar-refractivity contribution in [2.24, 2.45) is 7.05 Å². The molecule has 9 heteroatoms. The van der Waals surface area contributed by atoms with E-state index in [1.54, 1.807) is 35.3 Å². The lowest BCUT2D eigenvalue weighted by molar-refractivity contribution is 0.0632. The molecule has 1 N–H and O–H groups in total. The molecule has 2 amide bonds. The second-order valence-corrected chi connectivity index (χ2v) is 6.03. The van der Waals surface area contributed by atoms with Crippen LogP contribution < -0.4 is 5.32 Å². The van der Waals surface area contributed by atoms with Crippen LogP contribution >= 0.6 is 0 Å². The van der Waals surface area contributed by atoms with Crippen molar-refractivity contribution >= 4 is 11.8 Å². The molecule has 0 saturated heterocycles. The van der Waals surface area contributed by atoms with E-state index in [0.717, 1.165) is 0 Å². The Bertz CT molecular complexity index is 781. The molecule has 0 bridgehead atoms. The van der Waals surface area contributed by atoms with Gasteiger partial charge in [0.05, 0.1) is 19.0 Å². The first-order valence-electron chi connectivity index (χ1n) is 8.14. The fourth-order valence-electron chi connectivity index (χ4n) is 2.91. The summed E-state index contributed by atoms with van der Waals surface area (Å²) in [6.45, 7) is 3.92. The molecule has 1 atom stereocenters. The quantitative estimate of drug-likeness (QED) is 0.781. The second kappa shape index (κ2) is 7.06. The van der Waals surface area contributed by atoms with Crippen LogP contribution in [0.3, 0.4) is 0 Å². The molecule has 9 nitrogen and oxygen atoms in total. The Morgan fingerprint density at radius 1 is 1.32 bits per heavy atom. The van der Waals surface area contributed by atoms with Crippen LogP contribution in [0.25, 0.3) is 0 Å². The molecule has 2 aromatic heterocycles. The molecule has 0 spiro atoms. The van der Waals surface area contributed by atoms with Crippen molar-refractivity contribution in [2.45, 2.75) is 19.5 Å². The molecule has 0 aliphatic carbocycles. The number of amides is 2. The maximum atomic E-state index is 12.7. The number of methoxy groups -OCH3 is 1. The van der Waals surface area contributed by atoms with Crippen LogP contribution in [0, 0.1) is 0 Å². The molecule has 25 heavy (non-hydrogen) atoms. The molecule has 1 aliphatic rings. The summed E-state index contributed by atoms with van der Waals surface area (Å²) in [7, 11) is 3.40. The number of carbonyl (C=O) groups is 2. The molecular formula is C16H22N6O3. The number of ether oxygens (including phenoxy) is 1. The number of carbonyl (C=O) groups excluding carboxylic acids is 2. The Hall–Kier alpha value is -2.68. The molecule has 0 aromatic carbocycles. The summed E-state index contributed by atoms with van der Waals surface area (Å²) in [4.78, 5) is 35.1. The van der Waals surface area contributed by atoms with E-state index in [9.17, 15) is 9.59 Å². The fraction of sp³-hybridized carbons (Fsp3) is 0.500. The normalized spacial score (nSPS) is 16.6. The summed E-state index contributed by atoms with van der Waals surface area (Å²) in [6, 6.07) is -0.233. The van der Waals surface area contributed by atoms with Gasteiger partial charge in [-0.1, -0.05) is 0 Å². The van der Waals surface area contributed by atoms with E-state index in [1.165, 1.54) is 0 Å². The minimum atomic E-state index is -0.242. The summed E-state index contributed by atoms with van der Waals surface area (Å²) < 4.78 is 8.59. The summed E-state index contributed by atoms with van der Waals surface area (Å²) >= 11 is 0. The van der Waals surface area contributed by atoms with Gasteiger partial charge in [-0.2, -0.15) is 0 Å². The van der Waals surface area contributed by atoms with Gasteiger partial charge in [-0.3, -0.25) is 9.59 Å². The zero-order chi connectivity index (χ0) is 18.0. The fourth-order valence-corrected chi connectivity index (χ4v) is 2.91. The third kappa shape index (κ3) is 3.41. The molecule has 0 radical (unpaired) electrons. The highest BCUT2D eigenvalue weighted by molar-refractivity contribution is 5.93. The minimum absolute atomic E-state index is 0.131. The minimum Gasteiger partial charge on any atom is -0.383 e. The van der Waals surface area contributed by atoms with Crippen molar-refractivity contribution in [1.82, 2.24) is 29.3 Å². The molecule has 1 unspecified atom stereocenters.